The molecule has 0 aromatic carbocycles. The summed E-state index contributed by atoms with van der Waals surface area (Å²) in [6.45, 7) is 3.64. The van der Waals surface area contributed by atoms with Gasteiger partial charge < -0.3 is 14.6 Å². The van der Waals surface area contributed by atoms with Gasteiger partial charge in [0.2, 0.25) is 0 Å². The lowest BCUT2D eigenvalue weighted by atomic mass is 9.98. The molecule has 3 heterocycles. The number of carbonyl (C=O) groups excluding carboxylic acids is 1. The molecule has 6 heteroatoms. The Balaban J connectivity index is 1.67. The van der Waals surface area contributed by atoms with E-state index in [9.17, 15) is 4.79 Å². The second-order valence-corrected chi connectivity index (χ2v) is 6.22. The van der Waals surface area contributed by atoms with Crippen molar-refractivity contribution in [2.24, 2.45) is 0 Å². The number of aromatic nitrogens is 1. The van der Waals surface area contributed by atoms with Crippen molar-refractivity contribution in [3.63, 3.8) is 0 Å². The van der Waals surface area contributed by atoms with Crippen LogP contribution in [-0.2, 0) is 0 Å². The molecule has 104 valence electrons. The summed E-state index contributed by atoms with van der Waals surface area (Å²) in [7, 11) is 0. The molecule has 2 fully saturated rings. The van der Waals surface area contributed by atoms with E-state index in [4.69, 9.17) is 4.42 Å². The lowest BCUT2D eigenvalue weighted by Gasteiger charge is -2.25. The normalized spacial score (nSPS) is 21.6. The summed E-state index contributed by atoms with van der Waals surface area (Å²) in [4.78, 5) is 18.6. The summed E-state index contributed by atoms with van der Waals surface area (Å²) in [6, 6.07) is 0. The maximum Gasteiger partial charge on any atom is 0.275 e. The van der Waals surface area contributed by atoms with Crippen LogP contribution >= 0.6 is 11.8 Å². The van der Waals surface area contributed by atoms with E-state index in [1.165, 1.54) is 6.26 Å². The Bertz CT molecular complexity index is 437. The lowest BCUT2D eigenvalue weighted by Crippen LogP contribution is -2.38. The highest BCUT2D eigenvalue weighted by molar-refractivity contribution is 7.99. The molecule has 1 aromatic heterocycles. The van der Waals surface area contributed by atoms with Crippen molar-refractivity contribution in [3.05, 3.63) is 17.8 Å². The predicted molar refractivity (Wildman–Crippen MR) is 74.6 cm³/mol. The zero-order valence-corrected chi connectivity index (χ0v) is 11.7. The summed E-state index contributed by atoms with van der Waals surface area (Å²) in [5, 5.41) is 3.32. The van der Waals surface area contributed by atoms with Crippen molar-refractivity contribution in [1.29, 1.82) is 0 Å². The lowest BCUT2D eigenvalue weighted by molar-refractivity contribution is 0.0766. The largest absolute Gasteiger partial charge is 0.448 e. The molecule has 19 heavy (non-hydrogen) atoms. The number of hydrogen-bond donors (Lipinski definition) is 1. The van der Waals surface area contributed by atoms with Crippen LogP contribution < -0.4 is 5.32 Å². The van der Waals surface area contributed by atoms with Gasteiger partial charge in [0, 0.05) is 30.5 Å². The average molecular weight is 281 g/mol. The summed E-state index contributed by atoms with van der Waals surface area (Å²) in [5.74, 6) is 3.15. The van der Waals surface area contributed by atoms with Gasteiger partial charge in [0.1, 0.15) is 6.26 Å². The third-order valence-electron chi connectivity index (χ3n) is 3.73. The molecule has 3 rings (SSSR count). The van der Waals surface area contributed by atoms with Gasteiger partial charge in [-0.1, -0.05) is 0 Å². The minimum atomic E-state index is 0.0178. The second-order valence-electron chi connectivity index (χ2n) is 5.00. The van der Waals surface area contributed by atoms with Crippen LogP contribution in [-0.4, -0.2) is 53.5 Å². The fraction of sp³-hybridized carbons (Fsp3) is 0.692. The molecule has 2 saturated heterocycles. The third-order valence-corrected chi connectivity index (χ3v) is 4.67. The minimum Gasteiger partial charge on any atom is -0.448 e. The van der Waals surface area contributed by atoms with Crippen LogP contribution in [0.5, 0.6) is 0 Å². The highest BCUT2D eigenvalue weighted by Crippen LogP contribution is 2.24. The van der Waals surface area contributed by atoms with E-state index in [1.807, 2.05) is 16.7 Å². The predicted octanol–water partition coefficient (Wildman–Crippen LogP) is 1.33. The number of thioether (sulfide) groups is 1. The maximum absolute atomic E-state index is 12.3. The van der Waals surface area contributed by atoms with Gasteiger partial charge >= 0.3 is 0 Å². The van der Waals surface area contributed by atoms with E-state index < -0.39 is 0 Å². The Morgan fingerprint density at radius 1 is 1.37 bits per heavy atom. The first kappa shape index (κ1) is 13.0. The first-order valence-corrected chi connectivity index (χ1v) is 8.03. The molecule has 0 spiro atoms. The molecule has 0 bridgehead atoms. The van der Waals surface area contributed by atoms with Crippen LogP contribution in [0.15, 0.2) is 10.7 Å². The fourth-order valence-corrected chi connectivity index (χ4v) is 3.47. The topological polar surface area (TPSA) is 58.4 Å². The van der Waals surface area contributed by atoms with E-state index >= 15 is 0 Å². The van der Waals surface area contributed by atoms with Crippen LogP contribution in [0, 0.1) is 0 Å². The number of amides is 1. The van der Waals surface area contributed by atoms with Gasteiger partial charge in [0.15, 0.2) is 11.6 Å². The Labute approximate surface area is 117 Å². The van der Waals surface area contributed by atoms with Crippen molar-refractivity contribution >= 4 is 17.7 Å². The Morgan fingerprint density at radius 2 is 2.11 bits per heavy atom. The number of hydrogen-bond acceptors (Lipinski definition) is 5. The van der Waals surface area contributed by atoms with Crippen molar-refractivity contribution in [2.75, 3.05) is 37.7 Å². The van der Waals surface area contributed by atoms with Gasteiger partial charge in [-0.25, -0.2) is 4.98 Å². The van der Waals surface area contributed by atoms with Gasteiger partial charge in [-0.15, -0.1) is 0 Å². The molecule has 0 aliphatic carbocycles. The van der Waals surface area contributed by atoms with Crippen LogP contribution in [0.1, 0.15) is 35.1 Å². The standard InChI is InChI=1S/C13H19N3O2S/c17-13(16-5-7-19-8-6-16)11-9-18-12(15-11)10-1-3-14-4-2-10/h9-10,14H,1-8H2. The molecule has 0 radical (unpaired) electrons. The number of nitrogens with zero attached hydrogens (tertiary/aromatic N) is 2. The molecule has 0 unspecified atom stereocenters. The van der Waals surface area contributed by atoms with Gasteiger partial charge in [-0.05, 0) is 25.9 Å². The van der Waals surface area contributed by atoms with Crippen LogP contribution in [0.3, 0.4) is 0 Å². The Morgan fingerprint density at radius 3 is 2.84 bits per heavy atom. The minimum absolute atomic E-state index is 0.0178. The fourth-order valence-electron chi connectivity index (χ4n) is 2.57. The number of nitrogens with one attached hydrogen (secondary N) is 1. The Kier molecular flexibility index (Phi) is 4.08. The SMILES string of the molecule is O=C(c1coc(C2CCNCC2)n1)N1CCSCC1. The summed E-state index contributed by atoms with van der Waals surface area (Å²) in [6.07, 6.45) is 3.60. The number of piperidine rings is 1. The molecule has 2 aliphatic heterocycles. The average Bonchev–Trinajstić information content (AvgIpc) is 2.98. The molecule has 1 amide bonds. The van der Waals surface area contributed by atoms with Crippen LogP contribution in [0.4, 0.5) is 0 Å². The molecule has 1 N–H and O–H groups in total. The van der Waals surface area contributed by atoms with E-state index in [0.29, 0.717) is 11.6 Å². The van der Waals surface area contributed by atoms with E-state index in [-0.39, 0.29) is 5.91 Å². The monoisotopic (exact) mass is 281 g/mol. The first-order chi connectivity index (χ1) is 9.34. The van der Waals surface area contributed by atoms with E-state index in [2.05, 4.69) is 10.3 Å². The van der Waals surface area contributed by atoms with Crippen LogP contribution in [0.25, 0.3) is 0 Å². The van der Waals surface area contributed by atoms with Crippen molar-refractivity contribution < 1.29 is 9.21 Å². The van der Waals surface area contributed by atoms with E-state index in [0.717, 1.165) is 56.4 Å². The van der Waals surface area contributed by atoms with Gasteiger partial charge in [-0.3, -0.25) is 4.79 Å². The number of rotatable bonds is 2. The van der Waals surface area contributed by atoms with Crippen LogP contribution in [0.2, 0.25) is 0 Å². The molecule has 0 atom stereocenters. The van der Waals surface area contributed by atoms with Crippen molar-refractivity contribution in [2.45, 2.75) is 18.8 Å². The first-order valence-electron chi connectivity index (χ1n) is 6.88. The molecule has 2 aliphatic rings. The van der Waals surface area contributed by atoms with Gasteiger partial charge in [0.05, 0.1) is 0 Å². The zero-order chi connectivity index (χ0) is 13.1. The number of carbonyl (C=O) groups is 1. The Hall–Kier alpha value is -1.01. The van der Waals surface area contributed by atoms with Crippen molar-refractivity contribution in [1.82, 2.24) is 15.2 Å². The van der Waals surface area contributed by atoms with Gasteiger partial charge in [0.25, 0.3) is 5.91 Å². The smallest absolute Gasteiger partial charge is 0.275 e. The third kappa shape index (κ3) is 2.95. The molecular weight excluding hydrogens is 262 g/mol. The summed E-state index contributed by atoms with van der Waals surface area (Å²) in [5.41, 5.74) is 0.473. The molecule has 1 aromatic rings. The molecular formula is C13H19N3O2S. The highest BCUT2D eigenvalue weighted by atomic mass is 32.2. The number of oxazole rings is 1. The van der Waals surface area contributed by atoms with Gasteiger partial charge in [-0.2, -0.15) is 11.8 Å². The summed E-state index contributed by atoms with van der Waals surface area (Å²) < 4.78 is 5.52. The highest BCUT2D eigenvalue weighted by Gasteiger charge is 2.25. The second kappa shape index (κ2) is 5.96. The summed E-state index contributed by atoms with van der Waals surface area (Å²) >= 11 is 1.89. The molecule has 5 nitrogen and oxygen atoms in total. The van der Waals surface area contributed by atoms with E-state index in [1.54, 1.807) is 0 Å². The quantitative estimate of drug-likeness (QED) is 0.886. The maximum atomic E-state index is 12.3. The molecule has 0 saturated carbocycles. The van der Waals surface area contributed by atoms with Crippen molar-refractivity contribution in [3.8, 4) is 0 Å². The zero-order valence-electron chi connectivity index (χ0n) is 10.9.